The Labute approximate surface area is 268 Å². The van der Waals surface area contributed by atoms with E-state index >= 15 is 0 Å². The zero-order valence-electron chi connectivity index (χ0n) is 28.1. The first-order chi connectivity index (χ1) is 21.4. The van der Waals surface area contributed by atoms with Crippen molar-refractivity contribution in [1.82, 2.24) is 0 Å². The van der Waals surface area contributed by atoms with Gasteiger partial charge in [0, 0.05) is 5.57 Å². The van der Waals surface area contributed by atoms with Crippen molar-refractivity contribution in [3.63, 3.8) is 0 Å². The predicted molar refractivity (Wildman–Crippen MR) is 175 cm³/mol. The second kappa shape index (κ2) is 21.7. The minimum atomic E-state index is -0.609. The van der Waals surface area contributed by atoms with Crippen LogP contribution in [0.4, 0.5) is 0 Å². The van der Waals surface area contributed by atoms with Gasteiger partial charge < -0.3 is 29.5 Å². The number of hydrogen-bond acceptors (Lipinski definition) is 7. The van der Waals surface area contributed by atoms with Crippen LogP contribution >= 0.6 is 0 Å². The molecule has 0 aromatic heterocycles. The normalized spacial score (nSPS) is 27.4. The van der Waals surface area contributed by atoms with Crippen LogP contribution in [0.3, 0.4) is 0 Å². The number of carbonyl (C=O) groups is 1. The molecule has 3 aliphatic rings. The summed E-state index contributed by atoms with van der Waals surface area (Å²) in [5, 5.41) is 32.1. The maximum atomic E-state index is 11.7. The van der Waals surface area contributed by atoms with Crippen molar-refractivity contribution in [2.24, 2.45) is 0 Å². The van der Waals surface area contributed by atoms with E-state index in [0.29, 0.717) is 12.8 Å². The van der Waals surface area contributed by atoms with E-state index in [2.05, 4.69) is 6.92 Å². The summed E-state index contributed by atoms with van der Waals surface area (Å²) in [6, 6.07) is 0. The molecule has 3 rings (SSSR count). The van der Waals surface area contributed by atoms with E-state index in [1.807, 2.05) is 13.0 Å². The summed E-state index contributed by atoms with van der Waals surface area (Å²) in [5.41, 5.74) is 0.852. The van der Waals surface area contributed by atoms with Gasteiger partial charge in [-0.05, 0) is 77.2 Å². The molecule has 256 valence electrons. The van der Waals surface area contributed by atoms with Gasteiger partial charge in [0.15, 0.2) is 0 Å². The van der Waals surface area contributed by atoms with Gasteiger partial charge in [0.2, 0.25) is 0 Å². The number of unbranched alkanes of at least 4 members (excludes halogenated alkanes) is 13. The smallest absolute Gasteiger partial charge is 0.334 e. The van der Waals surface area contributed by atoms with Crippen molar-refractivity contribution in [2.75, 3.05) is 0 Å². The molecule has 0 aromatic rings. The minimum absolute atomic E-state index is 0.0617. The second-order valence-electron chi connectivity index (χ2n) is 14.0. The van der Waals surface area contributed by atoms with Gasteiger partial charge in [0.25, 0.3) is 0 Å². The minimum Gasteiger partial charge on any atom is -0.455 e. The van der Waals surface area contributed by atoms with Crippen LogP contribution in [0.15, 0.2) is 11.6 Å². The van der Waals surface area contributed by atoms with Gasteiger partial charge in [0.1, 0.15) is 6.10 Å². The van der Waals surface area contributed by atoms with Crippen LogP contribution < -0.4 is 0 Å². The largest absolute Gasteiger partial charge is 0.455 e. The molecule has 0 unspecified atom stereocenters. The van der Waals surface area contributed by atoms with Crippen LogP contribution in [0.25, 0.3) is 0 Å². The molecule has 0 amide bonds. The Hall–Kier alpha value is -0.990. The molecule has 0 bridgehead atoms. The van der Waals surface area contributed by atoms with Crippen LogP contribution in [0.1, 0.15) is 168 Å². The molecule has 3 N–H and O–H groups in total. The highest BCUT2D eigenvalue weighted by molar-refractivity contribution is 5.90. The van der Waals surface area contributed by atoms with E-state index in [0.717, 1.165) is 76.2 Å². The molecule has 0 aromatic carbocycles. The zero-order chi connectivity index (χ0) is 31.6. The highest BCUT2D eigenvalue weighted by Crippen LogP contribution is 2.31. The topological polar surface area (TPSA) is 105 Å². The fourth-order valence-corrected chi connectivity index (χ4v) is 7.26. The molecule has 2 fully saturated rings. The van der Waals surface area contributed by atoms with Crippen LogP contribution in [0, 0.1) is 0 Å². The number of ether oxygens (including phenoxy) is 3. The first-order valence-corrected chi connectivity index (χ1v) is 18.6. The summed E-state index contributed by atoms with van der Waals surface area (Å²) in [6.07, 6.45) is 25.4. The lowest BCUT2D eigenvalue weighted by molar-refractivity contribution is -0.139. The Balaban J connectivity index is 1.15. The van der Waals surface area contributed by atoms with Crippen LogP contribution in [-0.4, -0.2) is 70.1 Å². The third-order valence-corrected chi connectivity index (χ3v) is 10.1. The standard InChI is InChI=1S/C37H66O7/c1-3-4-5-6-7-11-14-17-20-31(38)35-25-26-36(44-35)33(40)23-22-32(39)34-24-21-30(43-34)19-16-13-10-8-9-12-15-18-29-27-28(2)42-37(29)41/h27-28,30-36,38-40H,3-26H2,1-2H3/t28-,30+,31+,32+,33+,34-,35-,36-/m0/s1. The van der Waals surface area contributed by atoms with Gasteiger partial charge in [-0.1, -0.05) is 96.8 Å². The summed E-state index contributed by atoms with van der Waals surface area (Å²) in [5.74, 6) is -0.133. The number of aliphatic hydroxyl groups is 3. The van der Waals surface area contributed by atoms with Gasteiger partial charge in [-0.2, -0.15) is 0 Å². The van der Waals surface area contributed by atoms with Gasteiger partial charge in [-0.3, -0.25) is 0 Å². The first-order valence-electron chi connectivity index (χ1n) is 18.6. The van der Waals surface area contributed by atoms with Crippen LogP contribution in [-0.2, 0) is 19.0 Å². The number of cyclic esters (lactones) is 1. The molecular weight excluding hydrogens is 556 g/mol. The monoisotopic (exact) mass is 622 g/mol. The lowest BCUT2D eigenvalue weighted by atomic mass is 9.98. The molecule has 0 radical (unpaired) electrons. The number of carbonyl (C=O) groups excluding carboxylic acids is 1. The fraction of sp³-hybridized carbons (Fsp3) is 0.919. The van der Waals surface area contributed by atoms with Crippen molar-refractivity contribution in [2.45, 2.75) is 217 Å². The van der Waals surface area contributed by atoms with E-state index in [1.54, 1.807) is 0 Å². The average molecular weight is 623 g/mol. The summed E-state index contributed by atoms with van der Waals surface area (Å²) in [4.78, 5) is 11.7. The summed E-state index contributed by atoms with van der Waals surface area (Å²) in [7, 11) is 0. The molecule has 8 atom stereocenters. The van der Waals surface area contributed by atoms with E-state index in [-0.39, 0.29) is 36.5 Å². The molecule has 7 nitrogen and oxygen atoms in total. The number of aliphatic hydroxyl groups excluding tert-OH is 3. The van der Waals surface area contributed by atoms with E-state index < -0.39 is 18.3 Å². The predicted octanol–water partition coefficient (Wildman–Crippen LogP) is 7.86. The molecule has 0 saturated carbocycles. The van der Waals surface area contributed by atoms with E-state index in [1.165, 1.54) is 70.6 Å². The second-order valence-corrected chi connectivity index (χ2v) is 14.0. The molecule has 7 heteroatoms. The maximum Gasteiger partial charge on any atom is 0.334 e. The molecular formula is C37H66O7. The van der Waals surface area contributed by atoms with Gasteiger partial charge in [-0.25, -0.2) is 4.79 Å². The Bertz CT molecular complexity index is 801. The average Bonchev–Trinajstić information content (AvgIpc) is 3.76. The fourth-order valence-electron chi connectivity index (χ4n) is 7.26. The van der Waals surface area contributed by atoms with Crippen molar-refractivity contribution >= 4 is 5.97 Å². The third kappa shape index (κ3) is 14.2. The molecule has 3 aliphatic heterocycles. The molecule has 0 spiro atoms. The SMILES string of the molecule is CCCCCCCCCC[C@@H](O)[C@@H]1CC[C@@H]([C@H](O)CC[C@@H](O)[C@@H]2CC[C@@H](CCCCCCCCCC3=C[C@H](C)OC3=O)O2)O1. The highest BCUT2D eigenvalue weighted by atomic mass is 16.5. The molecule has 3 heterocycles. The van der Waals surface area contributed by atoms with Gasteiger partial charge >= 0.3 is 5.97 Å². The lowest BCUT2D eigenvalue weighted by Crippen LogP contribution is -2.33. The summed E-state index contributed by atoms with van der Waals surface area (Å²) >= 11 is 0. The van der Waals surface area contributed by atoms with E-state index in [9.17, 15) is 20.1 Å². The zero-order valence-corrected chi connectivity index (χ0v) is 28.1. The highest BCUT2D eigenvalue weighted by Gasteiger charge is 2.36. The Morgan fingerprint density at radius 1 is 0.659 bits per heavy atom. The molecule has 2 saturated heterocycles. The number of esters is 1. The van der Waals surface area contributed by atoms with Crippen molar-refractivity contribution in [3.8, 4) is 0 Å². The van der Waals surface area contributed by atoms with Crippen LogP contribution in [0.5, 0.6) is 0 Å². The summed E-state index contributed by atoms with van der Waals surface area (Å²) in [6.45, 7) is 4.15. The Kier molecular flexibility index (Phi) is 18.5. The lowest BCUT2D eigenvalue weighted by Gasteiger charge is -2.24. The first kappa shape index (κ1) is 37.5. The Morgan fingerprint density at radius 3 is 1.75 bits per heavy atom. The van der Waals surface area contributed by atoms with E-state index in [4.69, 9.17) is 14.2 Å². The summed E-state index contributed by atoms with van der Waals surface area (Å²) < 4.78 is 17.4. The van der Waals surface area contributed by atoms with Crippen molar-refractivity contribution < 1.29 is 34.3 Å². The molecule has 0 aliphatic carbocycles. The van der Waals surface area contributed by atoms with Crippen LogP contribution in [0.2, 0.25) is 0 Å². The number of hydrogen-bond donors (Lipinski definition) is 3. The Morgan fingerprint density at radius 2 is 1.16 bits per heavy atom. The number of rotatable bonds is 25. The van der Waals surface area contributed by atoms with Crippen molar-refractivity contribution in [3.05, 3.63) is 11.6 Å². The quantitative estimate of drug-likeness (QED) is 0.0703. The van der Waals surface area contributed by atoms with Gasteiger partial charge in [-0.15, -0.1) is 0 Å². The molecule has 44 heavy (non-hydrogen) atoms. The maximum absolute atomic E-state index is 11.7. The third-order valence-electron chi connectivity index (χ3n) is 10.1. The van der Waals surface area contributed by atoms with Crippen molar-refractivity contribution in [1.29, 1.82) is 0 Å². The van der Waals surface area contributed by atoms with Gasteiger partial charge in [0.05, 0.1) is 42.7 Å².